The summed E-state index contributed by atoms with van der Waals surface area (Å²) in [7, 11) is 0. The molecule has 0 unspecified atom stereocenters. The molecule has 1 fully saturated rings. The lowest BCUT2D eigenvalue weighted by molar-refractivity contribution is 0.122. The van der Waals surface area contributed by atoms with Crippen molar-refractivity contribution in [2.45, 2.75) is 26.8 Å². The van der Waals surface area contributed by atoms with E-state index in [-0.39, 0.29) is 0 Å². The van der Waals surface area contributed by atoms with Crippen molar-refractivity contribution in [2.24, 2.45) is 4.99 Å². The number of nitrogens with zero attached hydrogens (tertiary/aromatic N) is 4. The quantitative estimate of drug-likeness (QED) is 0.380. The normalized spacial score (nSPS) is 14.2. The summed E-state index contributed by atoms with van der Waals surface area (Å²) < 4.78 is 11.6. The van der Waals surface area contributed by atoms with Crippen LogP contribution < -0.4 is 9.64 Å². The van der Waals surface area contributed by atoms with Crippen LogP contribution in [-0.2, 0) is 17.7 Å². The van der Waals surface area contributed by atoms with Gasteiger partial charge in [-0.05, 0) is 55.3 Å². The average molecular weight is 470 g/mol. The smallest absolute Gasteiger partial charge is 0.215 e. The molecule has 7 nitrogen and oxygen atoms in total. The lowest BCUT2D eigenvalue weighted by Crippen LogP contribution is -2.36. The van der Waals surface area contributed by atoms with Gasteiger partial charge < -0.3 is 19.4 Å². The van der Waals surface area contributed by atoms with E-state index in [4.69, 9.17) is 19.5 Å². The Morgan fingerprint density at radius 2 is 2.00 bits per heavy atom. The lowest BCUT2D eigenvalue weighted by atomic mass is 10.1. The first-order chi connectivity index (χ1) is 17.2. The minimum absolute atomic E-state index is 0.516. The number of hydrogen-bond donors (Lipinski definition) is 1. The second-order valence-corrected chi connectivity index (χ2v) is 8.83. The molecule has 7 heteroatoms. The lowest BCUT2D eigenvalue weighted by Gasteiger charge is -2.29. The van der Waals surface area contributed by atoms with E-state index in [9.17, 15) is 0 Å². The number of aromatic amines is 1. The fraction of sp³-hybridized carbons (Fsp3) is 0.321. The van der Waals surface area contributed by atoms with Gasteiger partial charge in [-0.1, -0.05) is 12.1 Å². The van der Waals surface area contributed by atoms with Crippen LogP contribution in [0.2, 0.25) is 0 Å². The van der Waals surface area contributed by atoms with Gasteiger partial charge in [0, 0.05) is 66.0 Å². The summed E-state index contributed by atoms with van der Waals surface area (Å²) in [5.41, 5.74) is 7.71. The van der Waals surface area contributed by atoms with E-state index in [0.717, 1.165) is 49.8 Å². The molecule has 0 radical (unpaired) electrons. The highest BCUT2D eigenvalue weighted by Gasteiger charge is 2.14. The summed E-state index contributed by atoms with van der Waals surface area (Å²) in [4.78, 5) is 19.5. The molecule has 0 aliphatic carbocycles. The fourth-order valence-electron chi connectivity index (χ4n) is 4.31. The summed E-state index contributed by atoms with van der Waals surface area (Å²) in [5, 5.41) is 1.26. The Labute approximate surface area is 205 Å². The van der Waals surface area contributed by atoms with Crippen LogP contribution >= 0.6 is 0 Å². The van der Waals surface area contributed by atoms with Crippen LogP contribution in [0.4, 0.5) is 5.69 Å². The Bertz CT molecular complexity index is 1310. The summed E-state index contributed by atoms with van der Waals surface area (Å²) in [6.07, 6.45) is 4.38. The Kier molecular flexibility index (Phi) is 7.04. The molecule has 1 N–H and O–H groups in total. The predicted octanol–water partition coefficient (Wildman–Crippen LogP) is 4.65. The molecule has 0 bridgehead atoms. The maximum Gasteiger partial charge on any atom is 0.215 e. The van der Waals surface area contributed by atoms with Crippen LogP contribution in [-0.4, -0.2) is 54.1 Å². The van der Waals surface area contributed by atoms with Crippen molar-refractivity contribution in [1.29, 1.82) is 0 Å². The van der Waals surface area contributed by atoms with E-state index in [1.54, 1.807) is 6.20 Å². The van der Waals surface area contributed by atoms with Gasteiger partial charge in [-0.25, -0.2) is 4.98 Å². The third-order valence-corrected chi connectivity index (χ3v) is 6.39. The van der Waals surface area contributed by atoms with Gasteiger partial charge in [0.2, 0.25) is 5.88 Å². The number of morpholine rings is 1. The largest absolute Gasteiger partial charge is 0.477 e. The summed E-state index contributed by atoms with van der Waals surface area (Å²) >= 11 is 0. The zero-order valence-electron chi connectivity index (χ0n) is 20.3. The SMILES string of the molecule is Cc1[nH]c2ccc(CN=Cc3cc(N4CCOCC4)cc(OCCc4ccccn4)n3)cc2c1C. The van der Waals surface area contributed by atoms with Gasteiger partial charge in [0.25, 0.3) is 0 Å². The molecule has 0 spiro atoms. The Morgan fingerprint density at radius 3 is 2.83 bits per heavy atom. The first-order valence-electron chi connectivity index (χ1n) is 12.1. The van der Waals surface area contributed by atoms with E-state index in [1.807, 2.05) is 30.5 Å². The summed E-state index contributed by atoms with van der Waals surface area (Å²) in [5.74, 6) is 0.603. The molecule has 180 valence electrons. The number of H-pyrrole nitrogens is 1. The Balaban J connectivity index is 1.32. The Morgan fingerprint density at radius 1 is 1.11 bits per heavy atom. The number of nitrogens with one attached hydrogen (secondary N) is 1. The van der Waals surface area contributed by atoms with Gasteiger partial charge in [-0.2, -0.15) is 0 Å². The molecule has 3 aromatic heterocycles. The molecule has 4 aromatic rings. The molecule has 5 rings (SSSR count). The second kappa shape index (κ2) is 10.7. The van der Waals surface area contributed by atoms with Crippen molar-refractivity contribution < 1.29 is 9.47 Å². The topological polar surface area (TPSA) is 75.6 Å². The molecule has 0 amide bonds. The number of pyridine rings is 2. The van der Waals surface area contributed by atoms with Crippen molar-refractivity contribution in [2.75, 3.05) is 37.8 Å². The number of anilines is 1. The number of ether oxygens (including phenoxy) is 2. The van der Waals surface area contributed by atoms with Gasteiger partial charge in [0.05, 0.1) is 32.1 Å². The van der Waals surface area contributed by atoms with Crippen molar-refractivity contribution in [3.05, 3.63) is 82.9 Å². The maximum absolute atomic E-state index is 6.04. The van der Waals surface area contributed by atoms with E-state index in [0.29, 0.717) is 19.0 Å². The van der Waals surface area contributed by atoms with Gasteiger partial charge in [0.15, 0.2) is 0 Å². The zero-order chi connectivity index (χ0) is 24.0. The highest BCUT2D eigenvalue weighted by Crippen LogP contribution is 2.24. The van der Waals surface area contributed by atoms with Crippen molar-refractivity contribution in [1.82, 2.24) is 15.0 Å². The number of rotatable bonds is 8. The molecular formula is C28H31N5O2. The van der Waals surface area contributed by atoms with Gasteiger partial charge in [-0.3, -0.25) is 9.98 Å². The number of benzene rings is 1. The number of aromatic nitrogens is 3. The van der Waals surface area contributed by atoms with Crippen LogP contribution in [0.3, 0.4) is 0 Å². The van der Waals surface area contributed by atoms with Crippen LogP contribution in [0, 0.1) is 13.8 Å². The van der Waals surface area contributed by atoms with Crippen LogP contribution in [0.1, 0.15) is 28.2 Å². The number of fused-ring (bicyclic) bond motifs is 1. The van der Waals surface area contributed by atoms with E-state index in [2.05, 4.69) is 53.0 Å². The molecular weight excluding hydrogens is 438 g/mol. The van der Waals surface area contributed by atoms with E-state index < -0.39 is 0 Å². The van der Waals surface area contributed by atoms with Crippen molar-refractivity contribution in [3.8, 4) is 5.88 Å². The fourth-order valence-corrected chi connectivity index (χ4v) is 4.31. The monoisotopic (exact) mass is 469 g/mol. The highest BCUT2D eigenvalue weighted by atomic mass is 16.5. The summed E-state index contributed by atoms with van der Waals surface area (Å²) in [6, 6.07) is 16.5. The minimum atomic E-state index is 0.516. The zero-order valence-corrected chi connectivity index (χ0v) is 20.3. The molecule has 1 aliphatic rings. The molecule has 1 saturated heterocycles. The van der Waals surface area contributed by atoms with Crippen LogP contribution in [0.5, 0.6) is 5.88 Å². The van der Waals surface area contributed by atoms with Crippen molar-refractivity contribution in [3.63, 3.8) is 0 Å². The Hall–Kier alpha value is -3.71. The summed E-state index contributed by atoms with van der Waals surface area (Å²) in [6.45, 7) is 8.52. The standard InChI is InChI=1S/C28H31N5O2/c1-20-21(2)31-27-7-6-22(15-26(20)27)18-29-19-24-16-25(33-10-13-34-14-11-33)17-28(32-24)35-12-8-23-5-3-4-9-30-23/h3-7,9,15-17,19,31H,8,10-14,18H2,1-2H3. The molecule has 1 aliphatic heterocycles. The van der Waals surface area contributed by atoms with Gasteiger partial charge in [0.1, 0.15) is 0 Å². The molecule has 1 aromatic carbocycles. The van der Waals surface area contributed by atoms with E-state index >= 15 is 0 Å². The molecule has 0 saturated carbocycles. The van der Waals surface area contributed by atoms with Crippen LogP contribution in [0.15, 0.2) is 59.7 Å². The first-order valence-corrected chi connectivity index (χ1v) is 12.1. The molecule has 35 heavy (non-hydrogen) atoms. The highest BCUT2D eigenvalue weighted by molar-refractivity contribution is 5.85. The van der Waals surface area contributed by atoms with Gasteiger partial charge >= 0.3 is 0 Å². The first kappa shape index (κ1) is 23.1. The third kappa shape index (κ3) is 5.69. The van der Waals surface area contributed by atoms with Crippen molar-refractivity contribution >= 4 is 22.8 Å². The third-order valence-electron chi connectivity index (χ3n) is 6.39. The predicted molar refractivity (Wildman–Crippen MR) is 140 cm³/mol. The second-order valence-electron chi connectivity index (χ2n) is 8.83. The van der Waals surface area contributed by atoms with Gasteiger partial charge in [-0.15, -0.1) is 0 Å². The molecule has 0 atom stereocenters. The number of aryl methyl sites for hydroxylation is 2. The van der Waals surface area contributed by atoms with E-state index in [1.165, 1.54) is 27.7 Å². The maximum atomic E-state index is 6.04. The minimum Gasteiger partial charge on any atom is -0.477 e. The van der Waals surface area contributed by atoms with Crippen LogP contribution in [0.25, 0.3) is 10.9 Å². The average Bonchev–Trinajstić information content (AvgIpc) is 3.18. The number of hydrogen-bond acceptors (Lipinski definition) is 6. The number of aliphatic imine (C=N–C) groups is 1. The molecule has 4 heterocycles.